The number of aliphatic hydroxyl groups is 1. The molecule has 0 aliphatic rings. The highest BCUT2D eigenvalue weighted by molar-refractivity contribution is 4.98. The van der Waals surface area contributed by atoms with Crippen molar-refractivity contribution in [2.45, 2.75) is 39.7 Å². The standard InChI is InChI=1S/C11H18N2O/c1-11(2,3)5-4-10(14)9-8-12-6-7-13-9/h6-8,10,14H,4-5H2,1-3H3. The summed E-state index contributed by atoms with van der Waals surface area (Å²) < 4.78 is 0. The Morgan fingerprint density at radius 2 is 2.07 bits per heavy atom. The maximum Gasteiger partial charge on any atom is 0.0975 e. The highest BCUT2D eigenvalue weighted by Gasteiger charge is 2.15. The fraction of sp³-hybridized carbons (Fsp3) is 0.636. The Labute approximate surface area is 85.2 Å². The van der Waals surface area contributed by atoms with Crippen LogP contribution >= 0.6 is 0 Å². The Hall–Kier alpha value is -0.960. The van der Waals surface area contributed by atoms with Crippen LogP contribution in [0, 0.1) is 5.41 Å². The summed E-state index contributed by atoms with van der Waals surface area (Å²) in [7, 11) is 0. The summed E-state index contributed by atoms with van der Waals surface area (Å²) in [6, 6.07) is 0. The second kappa shape index (κ2) is 4.51. The molecular weight excluding hydrogens is 176 g/mol. The van der Waals surface area contributed by atoms with Gasteiger partial charge in [0.05, 0.1) is 18.0 Å². The molecule has 0 aliphatic carbocycles. The predicted octanol–water partition coefficient (Wildman–Crippen LogP) is 2.34. The Morgan fingerprint density at radius 3 is 2.57 bits per heavy atom. The first-order valence-electron chi connectivity index (χ1n) is 4.93. The zero-order valence-electron chi connectivity index (χ0n) is 9.07. The van der Waals surface area contributed by atoms with Crippen molar-refractivity contribution in [3.05, 3.63) is 24.3 Å². The van der Waals surface area contributed by atoms with Crippen molar-refractivity contribution in [1.82, 2.24) is 9.97 Å². The van der Waals surface area contributed by atoms with Crippen molar-refractivity contribution in [3.63, 3.8) is 0 Å². The van der Waals surface area contributed by atoms with E-state index in [1.54, 1.807) is 18.6 Å². The molecule has 14 heavy (non-hydrogen) atoms. The van der Waals surface area contributed by atoms with E-state index in [0.29, 0.717) is 5.69 Å². The summed E-state index contributed by atoms with van der Waals surface area (Å²) >= 11 is 0. The third-order valence-corrected chi connectivity index (χ3v) is 2.09. The van der Waals surface area contributed by atoms with Crippen LogP contribution < -0.4 is 0 Å². The molecule has 1 aromatic heterocycles. The van der Waals surface area contributed by atoms with E-state index < -0.39 is 6.10 Å². The molecule has 3 heteroatoms. The van der Waals surface area contributed by atoms with Gasteiger partial charge in [-0.05, 0) is 18.3 Å². The fourth-order valence-corrected chi connectivity index (χ4v) is 1.20. The van der Waals surface area contributed by atoms with E-state index in [0.717, 1.165) is 12.8 Å². The van der Waals surface area contributed by atoms with Gasteiger partial charge in [0.15, 0.2) is 0 Å². The lowest BCUT2D eigenvalue weighted by Crippen LogP contribution is -2.09. The maximum absolute atomic E-state index is 9.78. The first kappa shape index (κ1) is 11.1. The zero-order chi connectivity index (χ0) is 10.6. The van der Waals surface area contributed by atoms with Gasteiger partial charge in [-0.25, -0.2) is 0 Å². The van der Waals surface area contributed by atoms with E-state index in [9.17, 15) is 5.11 Å². The molecule has 0 aliphatic heterocycles. The van der Waals surface area contributed by atoms with Crippen molar-refractivity contribution in [1.29, 1.82) is 0 Å². The monoisotopic (exact) mass is 194 g/mol. The summed E-state index contributed by atoms with van der Waals surface area (Å²) in [6.07, 6.45) is 6.07. The van der Waals surface area contributed by atoms with E-state index in [1.807, 2.05) is 0 Å². The third kappa shape index (κ3) is 3.83. The highest BCUT2D eigenvalue weighted by atomic mass is 16.3. The largest absolute Gasteiger partial charge is 0.387 e. The minimum absolute atomic E-state index is 0.253. The smallest absolute Gasteiger partial charge is 0.0975 e. The van der Waals surface area contributed by atoms with Crippen molar-refractivity contribution >= 4 is 0 Å². The number of aliphatic hydroxyl groups excluding tert-OH is 1. The first-order chi connectivity index (χ1) is 6.49. The number of nitrogens with zero attached hydrogens (tertiary/aromatic N) is 2. The fourth-order valence-electron chi connectivity index (χ4n) is 1.20. The van der Waals surface area contributed by atoms with Gasteiger partial charge in [0.1, 0.15) is 0 Å². The van der Waals surface area contributed by atoms with Crippen LogP contribution in [0.25, 0.3) is 0 Å². The molecule has 1 heterocycles. The number of hydrogen-bond acceptors (Lipinski definition) is 3. The molecular formula is C11H18N2O. The van der Waals surface area contributed by atoms with Crippen molar-refractivity contribution in [2.75, 3.05) is 0 Å². The summed E-state index contributed by atoms with van der Waals surface area (Å²) in [6.45, 7) is 6.49. The lowest BCUT2D eigenvalue weighted by atomic mass is 9.89. The molecule has 0 saturated carbocycles. The van der Waals surface area contributed by atoms with Gasteiger partial charge in [-0.2, -0.15) is 0 Å². The average Bonchev–Trinajstić information content (AvgIpc) is 2.14. The minimum atomic E-state index is -0.483. The molecule has 0 radical (unpaired) electrons. The third-order valence-electron chi connectivity index (χ3n) is 2.09. The van der Waals surface area contributed by atoms with E-state index in [2.05, 4.69) is 30.7 Å². The molecule has 1 N–H and O–H groups in total. The molecule has 0 bridgehead atoms. The first-order valence-corrected chi connectivity index (χ1v) is 4.93. The molecule has 0 amide bonds. The van der Waals surface area contributed by atoms with Crippen LogP contribution in [-0.4, -0.2) is 15.1 Å². The van der Waals surface area contributed by atoms with Crippen LogP contribution in [0.15, 0.2) is 18.6 Å². The molecule has 0 saturated heterocycles. The molecule has 0 fully saturated rings. The summed E-state index contributed by atoms with van der Waals surface area (Å²) in [4.78, 5) is 7.99. The van der Waals surface area contributed by atoms with Gasteiger partial charge in [-0.15, -0.1) is 0 Å². The van der Waals surface area contributed by atoms with Crippen molar-refractivity contribution < 1.29 is 5.11 Å². The molecule has 1 aromatic rings. The molecule has 1 rings (SSSR count). The Morgan fingerprint density at radius 1 is 1.36 bits per heavy atom. The van der Waals surface area contributed by atoms with Gasteiger partial charge in [0.2, 0.25) is 0 Å². The van der Waals surface area contributed by atoms with E-state index in [-0.39, 0.29) is 5.41 Å². The molecule has 78 valence electrons. The van der Waals surface area contributed by atoms with Crippen LogP contribution in [0.2, 0.25) is 0 Å². The van der Waals surface area contributed by atoms with Gasteiger partial charge < -0.3 is 5.11 Å². The number of aromatic nitrogens is 2. The van der Waals surface area contributed by atoms with Crippen molar-refractivity contribution in [2.24, 2.45) is 5.41 Å². The normalized spacial score (nSPS) is 14.0. The minimum Gasteiger partial charge on any atom is -0.387 e. The van der Waals surface area contributed by atoms with Crippen molar-refractivity contribution in [3.8, 4) is 0 Å². The molecule has 3 nitrogen and oxygen atoms in total. The van der Waals surface area contributed by atoms with Crippen LogP contribution in [0.4, 0.5) is 0 Å². The topological polar surface area (TPSA) is 46.0 Å². The summed E-state index contributed by atoms with van der Waals surface area (Å²) in [5, 5.41) is 9.78. The lowest BCUT2D eigenvalue weighted by molar-refractivity contribution is 0.143. The summed E-state index contributed by atoms with van der Waals surface area (Å²) in [5.74, 6) is 0. The lowest BCUT2D eigenvalue weighted by Gasteiger charge is -2.19. The van der Waals surface area contributed by atoms with E-state index in [1.165, 1.54) is 0 Å². The van der Waals surface area contributed by atoms with Crippen LogP contribution in [-0.2, 0) is 0 Å². The molecule has 0 spiro atoms. The Kier molecular flexibility index (Phi) is 3.58. The molecule has 1 atom stereocenters. The van der Waals surface area contributed by atoms with Crippen LogP contribution in [0.3, 0.4) is 0 Å². The number of hydrogen-bond donors (Lipinski definition) is 1. The Balaban J connectivity index is 2.48. The van der Waals surface area contributed by atoms with Gasteiger partial charge >= 0.3 is 0 Å². The highest BCUT2D eigenvalue weighted by Crippen LogP contribution is 2.25. The second-order valence-electron chi connectivity index (χ2n) is 4.75. The SMILES string of the molecule is CC(C)(C)CCC(O)c1cnccn1. The van der Waals surface area contributed by atoms with Gasteiger partial charge in [-0.3, -0.25) is 9.97 Å². The molecule has 0 aromatic carbocycles. The number of rotatable bonds is 3. The Bertz CT molecular complexity index is 266. The van der Waals surface area contributed by atoms with E-state index >= 15 is 0 Å². The average molecular weight is 194 g/mol. The zero-order valence-corrected chi connectivity index (χ0v) is 9.07. The van der Waals surface area contributed by atoms with Gasteiger partial charge in [0, 0.05) is 12.4 Å². The second-order valence-corrected chi connectivity index (χ2v) is 4.75. The van der Waals surface area contributed by atoms with Crippen LogP contribution in [0.5, 0.6) is 0 Å². The predicted molar refractivity (Wildman–Crippen MR) is 55.7 cm³/mol. The van der Waals surface area contributed by atoms with Gasteiger partial charge in [-0.1, -0.05) is 20.8 Å². The molecule has 1 unspecified atom stereocenters. The summed E-state index contributed by atoms with van der Waals surface area (Å²) in [5.41, 5.74) is 0.917. The quantitative estimate of drug-likeness (QED) is 0.803. The van der Waals surface area contributed by atoms with Crippen LogP contribution in [0.1, 0.15) is 45.4 Å². The van der Waals surface area contributed by atoms with Gasteiger partial charge in [0.25, 0.3) is 0 Å². The van der Waals surface area contributed by atoms with E-state index in [4.69, 9.17) is 0 Å². The maximum atomic E-state index is 9.78.